The van der Waals surface area contributed by atoms with Crippen molar-refractivity contribution in [3.8, 4) is 24.2 Å². The number of amides is 1. The molecule has 0 radical (unpaired) electrons. The molecule has 0 saturated carbocycles. The van der Waals surface area contributed by atoms with Crippen molar-refractivity contribution in [2.24, 2.45) is 0 Å². The van der Waals surface area contributed by atoms with Gasteiger partial charge in [0, 0.05) is 0 Å². The highest BCUT2D eigenvalue weighted by molar-refractivity contribution is 5.97. The minimum Gasteiger partial charge on any atom is -0.507 e. The van der Waals surface area contributed by atoms with Gasteiger partial charge in [0.15, 0.2) is 0 Å². The number of aromatic hydroxyl groups is 1. The molecule has 1 aromatic carbocycles. The second-order valence-corrected chi connectivity index (χ2v) is 3.18. The predicted molar refractivity (Wildman–Crippen MR) is 58.4 cm³/mol. The molecular formula is C12H9FN2O2. The maximum Gasteiger partial charge on any atom is 0.259 e. The monoisotopic (exact) mass is 232 g/mol. The van der Waals surface area contributed by atoms with Crippen LogP contribution in [0.15, 0.2) is 18.2 Å². The van der Waals surface area contributed by atoms with Gasteiger partial charge in [-0.2, -0.15) is 5.26 Å². The van der Waals surface area contributed by atoms with Gasteiger partial charge in [0.05, 0.1) is 18.2 Å². The zero-order valence-corrected chi connectivity index (χ0v) is 8.85. The lowest BCUT2D eigenvalue weighted by Gasteiger charge is -2.17. The Bertz CT molecular complexity index is 498. The number of terminal acetylenes is 1. The van der Waals surface area contributed by atoms with E-state index in [1.54, 1.807) is 6.07 Å². The van der Waals surface area contributed by atoms with Crippen molar-refractivity contribution >= 4 is 5.91 Å². The van der Waals surface area contributed by atoms with E-state index < -0.39 is 11.7 Å². The van der Waals surface area contributed by atoms with E-state index in [1.807, 2.05) is 0 Å². The van der Waals surface area contributed by atoms with E-state index in [4.69, 9.17) is 11.7 Å². The van der Waals surface area contributed by atoms with Gasteiger partial charge in [0.2, 0.25) is 0 Å². The third-order valence-corrected chi connectivity index (χ3v) is 2.02. The third kappa shape index (κ3) is 2.96. The number of hydrogen-bond donors (Lipinski definition) is 1. The molecule has 0 aliphatic heterocycles. The van der Waals surface area contributed by atoms with Crippen LogP contribution < -0.4 is 0 Å². The molecule has 0 unspecified atom stereocenters. The highest BCUT2D eigenvalue weighted by Crippen LogP contribution is 2.19. The fourth-order valence-electron chi connectivity index (χ4n) is 1.24. The quantitative estimate of drug-likeness (QED) is 0.627. The standard InChI is InChI=1S/C12H9FN2O2/c1-2-6-15(7-5-14)12(17)10-8-9(13)3-4-11(10)16/h1,3-4,8,16H,6-7H2. The van der Waals surface area contributed by atoms with Crippen LogP contribution in [-0.2, 0) is 0 Å². The van der Waals surface area contributed by atoms with E-state index >= 15 is 0 Å². The number of carbonyl (C=O) groups excluding carboxylic acids is 1. The SMILES string of the molecule is C#CCN(CC#N)C(=O)c1cc(F)ccc1O. The van der Waals surface area contributed by atoms with E-state index in [9.17, 15) is 14.3 Å². The van der Waals surface area contributed by atoms with Crippen LogP contribution in [0.2, 0.25) is 0 Å². The summed E-state index contributed by atoms with van der Waals surface area (Å²) < 4.78 is 13.0. The van der Waals surface area contributed by atoms with E-state index in [-0.39, 0.29) is 24.4 Å². The summed E-state index contributed by atoms with van der Waals surface area (Å²) in [5.74, 6) is 0.537. The topological polar surface area (TPSA) is 64.3 Å². The molecular weight excluding hydrogens is 223 g/mol. The van der Waals surface area contributed by atoms with Crippen molar-refractivity contribution in [3.63, 3.8) is 0 Å². The van der Waals surface area contributed by atoms with Crippen molar-refractivity contribution in [2.75, 3.05) is 13.1 Å². The average molecular weight is 232 g/mol. The molecule has 0 fully saturated rings. The van der Waals surface area contributed by atoms with Gasteiger partial charge in [-0.15, -0.1) is 6.42 Å². The average Bonchev–Trinajstić information content (AvgIpc) is 2.31. The predicted octanol–water partition coefficient (Wildman–Crippen LogP) is 1.13. The van der Waals surface area contributed by atoms with Crippen LogP contribution in [0.4, 0.5) is 4.39 Å². The van der Waals surface area contributed by atoms with Crippen LogP contribution in [0.3, 0.4) is 0 Å². The van der Waals surface area contributed by atoms with Crippen LogP contribution in [0.5, 0.6) is 5.75 Å². The molecule has 0 saturated heterocycles. The molecule has 5 heteroatoms. The molecule has 17 heavy (non-hydrogen) atoms. The Morgan fingerprint density at radius 2 is 2.24 bits per heavy atom. The van der Waals surface area contributed by atoms with Crippen molar-refractivity contribution in [2.45, 2.75) is 0 Å². The highest BCUT2D eigenvalue weighted by Gasteiger charge is 2.18. The van der Waals surface area contributed by atoms with Gasteiger partial charge >= 0.3 is 0 Å². The van der Waals surface area contributed by atoms with Gasteiger partial charge in [-0.05, 0) is 18.2 Å². The molecule has 4 nitrogen and oxygen atoms in total. The molecule has 0 atom stereocenters. The summed E-state index contributed by atoms with van der Waals surface area (Å²) >= 11 is 0. The number of carbonyl (C=O) groups is 1. The van der Waals surface area contributed by atoms with Crippen molar-refractivity contribution in [1.29, 1.82) is 5.26 Å². The number of phenols is 1. The van der Waals surface area contributed by atoms with Gasteiger partial charge in [-0.25, -0.2) is 4.39 Å². The first kappa shape index (κ1) is 12.5. The number of hydrogen-bond acceptors (Lipinski definition) is 3. The Morgan fingerprint density at radius 3 is 2.82 bits per heavy atom. The summed E-state index contributed by atoms with van der Waals surface area (Å²) in [4.78, 5) is 12.9. The van der Waals surface area contributed by atoms with E-state index in [2.05, 4.69) is 5.92 Å². The first-order chi connectivity index (χ1) is 8.10. The molecule has 0 heterocycles. The summed E-state index contributed by atoms with van der Waals surface area (Å²) in [5, 5.41) is 18.0. The van der Waals surface area contributed by atoms with Crippen molar-refractivity contribution in [3.05, 3.63) is 29.6 Å². The van der Waals surface area contributed by atoms with Crippen LogP contribution in [-0.4, -0.2) is 29.0 Å². The number of rotatable bonds is 3. The van der Waals surface area contributed by atoms with Crippen LogP contribution in [0, 0.1) is 29.5 Å². The number of phenolic OH excluding ortho intramolecular Hbond substituents is 1. The molecule has 0 aromatic heterocycles. The van der Waals surface area contributed by atoms with Gasteiger partial charge in [0.25, 0.3) is 5.91 Å². The minimum atomic E-state index is -0.679. The van der Waals surface area contributed by atoms with E-state index in [0.29, 0.717) is 0 Å². The lowest BCUT2D eigenvalue weighted by atomic mass is 10.1. The van der Waals surface area contributed by atoms with Crippen LogP contribution in [0.1, 0.15) is 10.4 Å². The van der Waals surface area contributed by atoms with Crippen molar-refractivity contribution < 1.29 is 14.3 Å². The van der Waals surface area contributed by atoms with Crippen molar-refractivity contribution in [1.82, 2.24) is 4.90 Å². The molecule has 0 spiro atoms. The molecule has 1 N–H and O–H groups in total. The maximum absolute atomic E-state index is 13.0. The fourth-order valence-corrected chi connectivity index (χ4v) is 1.24. The molecule has 0 aliphatic rings. The first-order valence-electron chi connectivity index (χ1n) is 4.68. The summed E-state index contributed by atoms with van der Waals surface area (Å²) in [6.45, 7) is -0.304. The summed E-state index contributed by atoms with van der Waals surface area (Å²) in [7, 11) is 0. The molecule has 86 valence electrons. The maximum atomic E-state index is 13.0. The Kier molecular flexibility index (Phi) is 4.08. The molecule has 0 bridgehead atoms. The molecule has 1 aromatic rings. The second kappa shape index (κ2) is 5.53. The number of benzene rings is 1. The lowest BCUT2D eigenvalue weighted by molar-refractivity contribution is 0.0792. The first-order valence-corrected chi connectivity index (χ1v) is 4.68. The van der Waals surface area contributed by atoms with E-state index in [0.717, 1.165) is 23.1 Å². The van der Waals surface area contributed by atoms with Crippen LogP contribution in [0.25, 0.3) is 0 Å². The van der Waals surface area contributed by atoms with Gasteiger partial charge in [-0.3, -0.25) is 4.79 Å². The summed E-state index contributed by atoms with van der Waals surface area (Å²) in [5.41, 5.74) is -0.212. The third-order valence-electron chi connectivity index (χ3n) is 2.02. The zero-order valence-electron chi connectivity index (χ0n) is 8.85. The minimum absolute atomic E-state index is 0.0810. The Hall–Kier alpha value is -2.53. The smallest absolute Gasteiger partial charge is 0.259 e. The molecule has 0 aliphatic carbocycles. The Morgan fingerprint density at radius 1 is 1.53 bits per heavy atom. The number of halogens is 1. The molecule has 1 amide bonds. The zero-order chi connectivity index (χ0) is 12.8. The largest absolute Gasteiger partial charge is 0.507 e. The van der Waals surface area contributed by atoms with Gasteiger partial charge in [-0.1, -0.05) is 5.92 Å². The number of nitriles is 1. The van der Waals surface area contributed by atoms with Gasteiger partial charge < -0.3 is 10.0 Å². The highest BCUT2D eigenvalue weighted by atomic mass is 19.1. The Labute approximate surface area is 97.9 Å². The van der Waals surface area contributed by atoms with Crippen LogP contribution >= 0.6 is 0 Å². The Balaban J connectivity index is 3.06. The normalized spacial score (nSPS) is 9.12. The molecule has 1 rings (SSSR count). The lowest BCUT2D eigenvalue weighted by Crippen LogP contribution is -2.31. The second-order valence-electron chi connectivity index (χ2n) is 3.18. The number of nitrogens with zero attached hydrogens (tertiary/aromatic N) is 2. The summed E-state index contributed by atoms with van der Waals surface area (Å²) in [6, 6.07) is 4.77. The fraction of sp³-hybridized carbons (Fsp3) is 0.167. The van der Waals surface area contributed by atoms with Gasteiger partial charge in [0.1, 0.15) is 18.1 Å². The van der Waals surface area contributed by atoms with E-state index in [1.165, 1.54) is 0 Å². The summed E-state index contributed by atoms with van der Waals surface area (Å²) in [6.07, 6.45) is 5.05.